The van der Waals surface area contributed by atoms with Crippen LogP contribution in [0.4, 0.5) is 5.82 Å². The monoisotopic (exact) mass is 428 g/mol. The van der Waals surface area contributed by atoms with Crippen molar-refractivity contribution in [3.05, 3.63) is 47.8 Å². The molecule has 0 unspecified atom stereocenters. The number of aromatic nitrogens is 2. The Kier molecular flexibility index (Phi) is 5.35. The maximum absolute atomic E-state index is 12.9. The lowest BCUT2D eigenvalue weighted by Gasteiger charge is -2.17. The number of hydrogen-bond donors (Lipinski definition) is 3. The van der Waals surface area contributed by atoms with Crippen LogP contribution in [0.25, 0.3) is 22.5 Å². The number of nitrogens with one attached hydrogen (secondary N) is 1. The van der Waals surface area contributed by atoms with Gasteiger partial charge in [-0.25, -0.2) is 18.1 Å². The molecule has 0 spiro atoms. The van der Waals surface area contributed by atoms with Crippen molar-refractivity contribution in [2.75, 3.05) is 5.73 Å². The Balaban J connectivity index is 1.72. The average Bonchev–Trinajstić information content (AvgIpc) is 3.30. The van der Waals surface area contributed by atoms with Gasteiger partial charge in [-0.05, 0) is 62.4 Å². The van der Waals surface area contributed by atoms with E-state index >= 15 is 0 Å². The van der Waals surface area contributed by atoms with Crippen molar-refractivity contribution in [1.82, 2.24) is 14.9 Å². The lowest BCUT2D eigenvalue weighted by Crippen LogP contribution is -2.39. The lowest BCUT2D eigenvalue weighted by atomic mass is 10.00. The molecule has 0 aliphatic heterocycles. The molecule has 3 aromatic rings. The van der Waals surface area contributed by atoms with E-state index in [1.165, 1.54) is 0 Å². The Morgan fingerprint density at radius 1 is 1.17 bits per heavy atom. The molecule has 8 nitrogen and oxygen atoms in total. The van der Waals surface area contributed by atoms with Crippen molar-refractivity contribution in [2.24, 2.45) is 0 Å². The van der Waals surface area contributed by atoms with Gasteiger partial charge in [0.25, 0.3) is 0 Å². The molecule has 0 bridgehead atoms. The van der Waals surface area contributed by atoms with Crippen LogP contribution in [0.15, 0.2) is 45.9 Å². The maximum atomic E-state index is 12.9. The number of hydrogen-bond acceptors (Lipinski definition) is 7. The third-order valence-electron chi connectivity index (χ3n) is 5.43. The molecule has 2 heterocycles. The maximum Gasteiger partial charge on any atom is 0.240 e. The van der Waals surface area contributed by atoms with E-state index in [9.17, 15) is 13.5 Å². The van der Waals surface area contributed by atoms with Crippen LogP contribution in [0.2, 0.25) is 0 Å². The molecule has 0 radical (unpaired) electrons. The van der Waals surface area contributed by atoms with E-state index in [1.54, 1.807) is 30.5 Å². The van der Waals surface area contributed by atoms with Crippen LogP contribution in [0.3, 0.4) is 0 Å². The van der Waals surface area contributed by atoms with Crippen LogP contribution in [-0.2, 0) is 10.0 Å². The number of nitrogen functional groups attached to an aromatic ring is 1. The Labute approximate surface area is 175 Å². The van der Waals surface area contributed by atoms with Gasteiger partial charge in [-0.15, -0.1) is 0 Å². The summed E-state index contributed by atoms with van der Waals surface area (Å²) in [5.41, 5.74) is 9.65. The van der Waals surface area contributed by atoms with Crippen LogP contribution < -0.4 is 10.5 Å². The molecular formula is C21H24N4O4S. The topological polar surface area (TPSA) is 131 Å². The van der Waals surface area contributed by atoms with Gasteiger partial charge in [-0.1, -0.05) is 11.2 Å². The summed E-state index contributed by atoms with van der Waals surface area (Å²) in [6.07, 6.45) is 2.98. The van der Waals surface area contributed by atoms with Crippen molar-refractivity contribution in [1.29, 1.82) is 0 Å². The van der Waals surface area contributed by atoms with E-state index in [0.29, 0.717) is 35.5 Å². The van der Waals surface area contributed by atoms with Gasteiger partial charge < -0.3 is 15.4 Å². The minimum atomic E-state index is -3.77. The molecule has 0 saturated heterocycles. The molecule has 1 aromatic carbocycles. The van der Waals surface area contributed by atoms with Gasteiger partial charge in [-0.3, -0.25) is 0 Å². The molecule has 1 aliphatic rings. The molecule has 30 heavy (non-hydrogen) atoms. The van der Waals surface area contributed by atoms with Crippen LogP contribution >= 0.6 is 0 Å². The van der Waals surface area contributed by atoms with Gasteiger partial charge in [0.15, 0.2) is 5.76 Å². The average molecular weight is 429 g/mol. The largest absolute Gasteiger partial charge is 0.391 e. The van der Waals surface area contributed by atoms with Crippen LogP contribution in [0.1, 0.15) is 30.5 Å². The number of aliphatic hydroxyl groups excluding tert-OH is 1. The zero-order valence-electron chi connectivity index (χ0n) is 16.8. The van der Waals surface area contributed by atoms with Crippen molar-refractivity contribution in [3.8, 4) is 22.5 Å². The highest BCUT2D eigenvalue weighted by atomic mass is 32.2. The molecule has 158 valence electrons. The molecule has 9 heteroatoms. The summed E-state index contributed by atoms with van der Waals surface area (Å²) in [5.74, 6) is 0.797. The first kappa shape index (κ1) is 20.5. The fourth-order valence-electron chi connectivity index (χ4n) is 3.74. The number of nitrogens with zero attached hydrogens (tertiary/aromatic N) is 2. The van der Waals surface area contributed by atoms with Crippen LogP contribution in [-0.4, -0.2) is 35.8 Å². The first-order valence-corrected chi connectivity index (χ1v) is 11.2. The number of pyridine rings is 1. The Morgan fingerprint density at radius 2 is 1.97 bits per heavy atom. The van der Waals surface area contributed by atoms with Crippen LogP contribution in [0.5, 0.6) is 0 Å². The van der Waals surface area contributed by atoms with Crippen molar-refractivity contribution in [2.45, 2.75) is 50.2 Å². The third-order valence-corrected chi connectivity index (χ3v) is 6.92. The Hall–Kier alpha value is -2.75. The van der Waals surface area contributed by atoms with E-state index in [0.717, 1.165) is 23.2 Å². The molecular weight excluding hydrogens is 404 g/mol. The first-order valence-electron chi connectivity index (χ1n) is 9.75. The molecule has 2 atom stereocenters. The highest BCUT2D eigenvalue weighted by Gasteiger charge is 2.30. The summed E-state index contributed by atoms with van der Waals surface area (Å²) in [7, 11) is -3.77. The standard InChI is InChI=1S/C21H24N4O4S/c1-12-6-7-15(30(27,28)25-18-4-3-5-19(18)26)10-16(12)14-9-17(21(22)23-11-14)20-8-13(2)24-29-20/h6-11,18-19,25-26H,3-5H2,1-2H3,(H2,22,23)/t18-,19-/m0/s1. The number of benzene rings is 1. The predicted octanol–water partition coefficient (Wildman–Crippen LogP) is 2.79. The fraction of sp³-hybridized carbons (Fsp3) is 0.333. The molecule has 2 aromatic heterocycles. The van der Waals surface area contributed by atoms with Crippen LogP contribution in [0, 0.1) is 13.8 Å². The number of rotatable bonds is 5. The molecule has 1 fully saturated rings. The molecule has 0 amide bonds. The van der Waals surface area contributed by atoms with Crippen molar-refractivity contribution < 1.29 is 18.0 Å². The second-order valence-corrected chi connectivity index (χ2v) is 9.41. The molecule has 1 aliphatic carbocycles. The summed E-state index contributed by atoms with van der Waals surface area (Å²) >= 11 is 0. The highest BCUT2D eigenvalue weighted by Crippen LogP contribution is 2.32. The van der Waals surface area contributed by atoms with Gasteiger partial charge in [0.1, 0.15) is 5.82 Å². The quantitative estimate of drug-likeness (QED) is 0.569. The number of sulfonamides is 1. The molecule has 4 N–H and O–H groups in total. The lowest BCUT2D eigenvalue weighted by molar-refractivity contribution is 0.159. The van der Waals surface area contributed by atoms with E-state index in [2.05, 4.69) is 14.9 Å². The van der Waals surface area contributed by atoms with Crippen molar-refractivity contribution in [3.63, 3.8) is 0 Å². The summed E-state index contributed by atoms with van der Waals surface area (Å²) in [5, 5.41) is 13.9. The van der Waals surface area contributed by atoms with Crippen molar-refractivity contribution >= 4 is 15.8 Å². The van der Waals surface area contributed by atoms with Gasteiger partial charge in [0, 0.05) is 23.9 Å². The summed E-state index contributed by atoms with van der Waals surface area (Å²) in [6, 6.07) is 8.05. The number of aryl methyl sites for hydroxylation is 2. The predicted molar refractivity (Wildman–Crippen MR) is 113 cm³/mol. The van der Waals surface area contributed by atoms with E-state index in [1.807, 2.05) is 19.9 Å². The first-order chi connectivity index (χ1) is 14.2. The van der Waals surface area contributed by atoms with Gasteiger partial charge in [0.05, 0.1) is 22.3 Å². The number of anilines is 1. The molecule has 4 rings (SSSR count). The minimum Gasteiger partial charge on any atom is -0.391 e. The normalized spacial score (nSPS) is 19.3. The molecule has 1 saturated carbocycles. The second kappa shape index (κ2) is 7.82. The second-order valence-electron chi connectivity index (χ2n) is 7.69. The van der Waals surface area contributed by atoms with E-state index < -0.39 is 22.2 Å². The highest BCUT2D eigenvalue weighted by molar-refractivity contribution is 7.89. The fourth-order valence-corrected chi connectivity index (χ4v) is 5.06. The smallest absolute Gasteiger partial charge is 0.240 e. The zero-order chi connectivity index (χ0) is 21.5. The van der Waals surface area contributed by atoms with Gasteiger partial charge in [-0.2, -0.15) is 0 Å². The number of nitrogens with two attached hydrogens (primary N) is 1. The summed E-state index contributed by atoms with van der Waals surface area (Å²) in [6.45, 7) is 3.71. The number of aliphatic hydroxyl groups is 1. The summed E-state index contributed by atoms with van der Waals surface area (Å²) in [4.78, 5) is 4.39. The Morgan fingerprint density at radius 3 is 2.63 bits per heavy atom. The SMILES string of the molecule is Cc1cc(-c2cc(-c3cc(S(=O)(=O)N[C@H]4CCC[C@@H]4O)ccc3C)cnc2N)on1. The third kappa shape index (κ3) is 3.96. The minimum absolute atomic E-state index is 0.135. The van der Waals surface area contributed by atoms with E-state index in [4.69, 9.17) is 10.3 Å². The summed E-state index contributed by atoms with van der Waals surface area (Å²) < 4.78 is 33.7. The van der Waals surface area contributed by atoms with Gasteiger partial charge >= 0.3 is 0 Å². The zero-order valence-corrected chi connectivity index (χ0v) is 17.6. The van der Waals surface area contributed by atoms with Gasteiger partial charge in [0.2, 0.25) is 10.0 Å². The Bertz CT molecular complexity index is 1190. The van der Waals surface area contributed by atoms with E-state index in [-0.39, 0.29) is 4.90 Å².